The van der Waals surface area contributed by atoms with Gasteiger partial charge in [-0.1, -0.05) is 6.92 Å². The molecule has 4 nitrogen and oxygen atoms in total. The Balaban J connectivity index is 1.78. The van der Waals surface area contributed by atoms with Gasteiger partial charge in [0, 0.05) is 19.2 Å². The van der Waals surface area contributed by atoms with Crippen molar-refractivity contribution in [3.05, 3.63) is 0 Å². The highest BCUT2D eigenvalue weighted by molar-refractivity contribution is 5.64. The van der Waals surface area contributed by atoms with Crippen molar-refractivity contribution in [2.45, 2.75) is 50.5 Å². The topological polar surface area (TPSA) is 43.4 Å². The van der Waals surface area contributed by atoms with Crippen molar-refractivity contribution >= 4 is 6.21 Å². The molecular weight excluding hydrogens is 194 g/mol. The van der Waals surface area contributed by atoms with Gasteiger partial charge in [0.15, 0.2) is 0 Å². The van der Waals surface area contributed by atoms with Crippen LogP contribution in [0, 0.1) is 5.92 Å². The van der Waals surface area contributed by atoms with Crippen LogP contribution in [0.3, 0.4) is 0 Å². The van der Waals surface area contributed by atoms with E-state index in [-0.39, 0.29) is 23.9 Å². The van der Waals surface area contributed by atoms with E-state index in [1.807, 2.05) is 20.1 Å². The smallest absolute Gasteiger partial charge is 0.228 e. The number of aliphatic imine (C=N–C) groups is 1. The zero-order valence-electron chi connectivity index (χ0n) is 9.56. The van der Waals surface area contributed by atoms with Crippen LogP contribution < -0.4 is 0 Å². The maximum absolute atomic E-state index is 5.93. The largest absolute Gasteiger partial charge is 0.360 e. The molecule has 0 bridgehead atoms. The van der Waals surface area contributed by atoms with Crippen LogP contribution in [0.1, 0.15) is 20.8 Å². The fourth-order valence-electron chi connectivity index (χ4n) is 2.74. The molecule has 0 saturated carbocycles. The molecule has 5 atom stereocenters. The number of hydrogen-bond donors (Lipinski definition) is 0. The first kappa shape index (κ1) is 9.75. The van der Waals surface area contributed by atoms with Gasteiger partial charge in [0.1, 0.15) is 11.7 Å². The summed E-state index contributed by atoms with van der Waals surface area (Å²) in [5.74, 6) is -0.0910. The molecule has 2 unspecified atom stereocenters. The molecule has 0 aromatic carbocycles. The first-order chi connectivity index (χ1) is 7.02. The van der Waals surface area contributed by atoms with Gasteiger partial charge in [-0.3, -0.25) is 4.99 Å². The first-order valence-corrected chi connectivity index (χ1v) is 5.47. The highest BCUT2D eigenvalue weighted by atomic mass is 16.9. The lowest BCUT2D eigenvalue weighted by atomic mass is 9.86. The van der Waals surface area contributed by atoms with Crippen LogP contribution in [0.5, 0.6) is 0 Å². The van der Waals surface area contributed by atoms with E-state index in [1.54, 1.807) is 7.05 Å². The second-order valence-electron chi connectivity index (χ2n) is 5.15. The minimum absolute atomic E-state index is 0.0735. The molecule has 0 aliphatic carbocycles. The van der Waals surface area contributed by atoms with Gasteiger partial charge in [0.05, 0.1) is 12.2 Å². The van der Waals surface area contributed by atoms with Crippen LogP contribution in [-0.4, -0.2) is 43.0 Å². The van der Waals surface area contributed by atoms with Crippen LogP contribution in [0.2, 0.25) is 0 Å². The highest BCUT2D eigenvalue weighted by Gasteiger charge is 2.81. The zero-order valence-corrected chi connectivity index (χ0v) is 9.56. The molecule has 0 aromatic heterocycles. The van der Waals surface area contributed by atoms with Crippen molar-refractivity contribution in [1.29, 1.82) is 0 Å². The molecule has 0 aromatic rings. The lowest BCUT2D eigenvalue weighted by molar-refractivity contribution is -0.269. The van der Waals surface area contributed by atoms with Crippen molar-refractivity contribution in [3.63, 3.8) is 0 Å². The van der Waals surface area contributed by atoms with E-state index in [9.17, 15) is 0 Å². The van der Waals surface area contributed by atoms with Gasteiger partial charge in [-0.05, 0) is 13.8 Å². The number of nitrogens with zero attached hydrogens (tertiary/aromatic N) is 1. The van der Waals surface area contributed by atoms with E-state index in [2.05, 4.69) is 11.9 Å². The number of epoxide rings is 1. The van der Waals surface area contributed by atoms with Crippen molar-refractivity contribution in [2.75, 3.05) is 7.05 Å². The Labute approximate surface area is 89.6 Å². The molecule has 84 valence electrons. The maximum Gasteiger partial charge on any atom is 0.228 e. The molecule has 3 aliphatic heterocycles. The summed E-state index contributed by atoms with van der Waals surface area (Å²) in [6.07, 6.45) is 2.19. The summed E-state index contributed by atoms with van der Waals surface area (Å²) in [5.41, 5.74) is -0.188. The maximum atomic E-state index is 5.93. The molecule has 3 rings (SSSR count). The van der Waals surface area contributed by atoms with Crippen molar-refractivity contribution in [1.82, 2.24) is 0 Å². The molecule has 0 amide bonds. The minimum atomic E-state index is -0.456. The molecular formula is C11H17NO3. The van der Waals surface area contributed by atoms with Gasteiger partial charge in [-0.2, -0.15) is 0 Å². The normalized spacial score (nSPS) is 55.7. The number of fused-ring (bicyclic) bond motifs is 2. The summed E-state index contributed by atoms with van der Waals surface area (Å²) in [6.45, 7) is 6.22. The van der Waals surface area contributed by atoms with Crippen LogP contribution in [0.4, 0.5) is 0 Å². The summed E-state index contributed by atoms with van der Waals surface area (Å²) in [5, 5.41) is 0. The van der Waals surface area contributed by atoms with Crippen LogP contribution >= 0.6 is 0 Å². The summed E-state index contributed by atoms with van der Waals surface area (Å²) in [4.78, 5) is 4.02. The van der Waals surface area contributed by atoms with E-state index in [1.165, 1.54) is 0 Å². The van der Waals surface area contributed by atoms with Gasteiger partial charge in [0.25, 0.3) is 0 Å². The third-order valence-electron chi connectivity index (χ3n) is 3.82. The van der Waals surface area contributed by atoms with Gasteiger partial charge >= 0.3 is 0 Å². The van der Waals surface area contributed by atoms with Crippen LogP contribution in [-0.2, 0) is 14.2 Å². The molecule has 15 heavy (non-hydrogen) atoms. The SMILES string of the molecule is CN=C[C@H]1O[C@H]2C(OC23OC3(C)C)[C@H]1C. The standard InChI is InChI=1S/C11H17NO3/c1-6-7(5-12-4)13-9-8(6)14-11(9)10(2,3)15-11/h5-9H,1-4H3/t6-,7+,8?,9-,11?/m0/s1. The fraction of sp³-hybridized carbons (Fsp3) is 0.909. The van der Waals surface area contributed by atoms with Crippen molar-refractivity contribution in [3.8, 4) is 0 Å². The predicted molar refractivity (Wildman–Crippen MR) is 55.0 cm³/mol. The average Bonchev–Trinajstić information content (AvgIpc) is 2.65. The number of hydrogen-bond acceptors (Lipinski definition) is 4. The molecule has 3 heterocycles. The minimum Gasteiger partial charge on any atom is -0.360 e. The monoisotopic (exact) mass is 211 g/mol. The summed E-state index contributed by atoms with van der Waals surface area (Å²) >= 11 is 0. The van der Waals surface area contributed by atoms with Crippen LogP contribution in [0.15, 0.2) is 4.99 Å². The molecule has 0 radical (unpaired) electrons. The lowest BCUT2D eigenvalue weighted by Crippen LogP contribution is -2.58. The molecule has 1 spiro atoms. The quantitative estimate of drug-likeness (QED) is 0.480. The third-order valence-corrected chi connectivity index (χ3v) is 3.82. The fourth-order valence-corrected chi connectivity index (χ4v) is 2.74. The Hall–Kier alpha value is -0.450. The Morgan fingerprint density at radius 1 is 1.33 bits per heavy atom. The molecule has 3 aliphatic rings. The van der Waals surface area contributed by atoms with E-state index in [0.717, 1.165) is 0 Å². The first-order valence-electron chi connectivity index (χ1n) is 5.47. The van der Waals surface area contributed by atoms with E-state index >= 15 is 0 Å². The Kier molecular flexibility index (Phi) is 1.70. The predicted octanol–water partition coefficient (Wildman–Crippen LogP) is 0.994. The van der Waals surface area contributed by atoms with Crippen molar-refractivity contribution < 1.29 is 14.2 Å². The average molecular weight is 211 g/mol. The van der Waals surface area contributed by atoms with Gasteiger partial charge < -0.3 is 14.2 Å². The second-order valence-corrected chi connectivity index (χ2v) is 5.15. The molecule has 3 saturated heterocycles. The summed E-state index contributed by atoms with van der Waals surface area (Å²) in [7, 11) is 1.77. The molecule has 3 fully saturated rings. The third kappa shape index (κ3) is 0.998. The zero-order chi connectivity index (χ0) is 10.8. The Morgan fingerprint density at radius 2 is 2.00 bits per heavy atom. The van der Waals surface area contributed by atoms with Gasteiger partial charge in [0.2, 0.25) is 5.79 Å². The number of rotatable bonds is 1. The van der Waals surface area contributed by atoms with E-state index < -0.39 is 5.79 Å². The van der Waals surface area contributed by atoms with Gasteiger partial charge in [-0.25, -0.2) is 0 Å². The van der Waals surface area contributed by atoms with Gasteiger partial charge in [-0.15, -0.1) is 0 Å². The van der Waals surface area contributed by atoms with Crippen molar-refractivity contribution in [2.24, 2.45) is 10.9 Å². The highest BCUT2D eigenvalue weighted by Crippen LogP contribution is 2.63. The lowest BCUT2D eigenvalue weighted by Gasteiger charge is -2.39. The summed E-state index contributed by atoms with van der Waals surface area (Å²) < 4.78 is 17.4. The second kappa shape index (κ2) is 2.62. The van der Waals surface area contributed by atoms with Crippen LogP contribution in [0.25, 0.3) is 0 Å². The number of ether oxygens (including phenoxy) is 3. The molecule has 4 heteroatoms. The Bertz CT molecular complexity index is 328. The Morgan fingerprint density at radius 3 is 2.53 bits per heavy atom. The van der Waals surface area contributed by atoms with E-state index in [0.29, 0.717) is 5.92 Å². The molecule has 0 N–H and O–H groups in total. The van der Waals surface area contributed by atoms with E-state index in [4.69, 9.17) is 14.2 Å². The summed E-state index contributed by atoms with van der Waals surface area (Å²) in [6, 6.07) is 0.